The van der Waals surface area contributed by atoms with Crippen LogP contribution >= 0.6 is 31.9 Å². The van der Waals surface area contributed by atoms with Crippen molar-refractivity contribution in [2.45, 2.75) is 12.8 Å². The fourth-order valence-corrected chi connectivity index (χ4v) is 1.49. The number of anilines is 1. The summed E-state index contributed by atoms with van der Waals surface area (Å²) in [6.07, 6.45) is 1.58. The Labute approximate surface area is 97.4 Å². The van der Waals surface area contributed by atoms with Crippen molar-refractivity contribution in [2.24, 2.45) is 0 Å². The van der Waals surface area contributed by atoms with Crippen LogP contribution in [0.1, 0.15) is 6.92 Å². The van der Waals surface area contributed by atoms with Crippen molar-refractivity contribution in [1.82, 2.24) is 4.98 Å². The number of pyridine rings is 1. The van der Waals surface area contributed by atoms with E-state index in [2.05, 4.69) is 42.2 Å². The quantitative estimate of drug-likeness (QED) is 0.856. The van der Waals surface area contributed by atoms with Crippen LogP contribution in [0.5, 0.6) is 0 Å². The molecule has 1 rings (SSSR count). The molecule has 0 aliphatic carbocycles. The standard InChI is InChI=1S/C8H8Br2F2N2/c1-8(11,12)4-14-6-2-5(9)3-13-7(6)10/h2-3,14H,4H2,1H3. The number of nitrogens with zero attached hydrogens (tertiary/aromatic N) is 1. The lowest BCUT2D eigenvalue weighted by Gasteiger charge is -2.13. The predicted octanol–water partition coefficient (Wildman–Crippen LogP) is 3.67. The van der Waals surface area contributed by atoms with Gasteiger partial charge in [-0.2, -0.15) is 0 Å². The highest BCUT2D eigenvalue weighted by Crippen LogP contribution is 2.24. The molecule has 0 spiro atoms. The third-order valence-corrected chi connectivity index (χ3v) is 2.46. The fraction of sp³-hybridized carbons (Fsp3) is 0.375. The molecule has 14 heavy (non-hydrogen) atoms. The molecule has 78 valence electrons. The van der Waals surface area contributed by atoms with Gasteiger partial charge in [-0.25, -0.2) is 13.8 Å². The van der Waals surface area contributed by atoms with Crippen molar-refractivity contribution in [2.75, 3.05) is 11.9 Å². The molecule has 1 aromatic heterocycles. The molecule has 1 aromatic rings. The van der Waals surface area contributed by atoms with Gasteiger partial charge in [-0.1, -0.05) is 0 Å². The summed E-state index contributed by atoms with van der Waals surface area (Å²) < 4.78 is 26.3. The summed E-state index contributed by atoms with van der Waals surface area (Å²) in [5, 5.41) is 2.60. The number of hydrogen-bond donors (Lipinski definition) is 1. The molecule has 0 aliphatic heterocycles. The molecule has 1 N–H and O–H groups in total. The molecule has 0 radical (unpaired) electrons. The molecule has 0 saturated carbocycles. The van der Waals surface area contributed by atoms with Gasteiger partial charge in [0.1, 0.15) is 4.60 Å². The van der Waals surface area contributed by atoms with Crippen LogP contribution in [0.25, 0.3) is 0 Å². The van der Waals surface area contributed by atoms with Crippen molar-refractivity contribution in [3.63, 3.8) is 0 Å². The van der Waals surface area contributed by atoms with E-state index in [1.165, 1.54) is 0 Å². The topological polar surface area (TPSA) is 24.9 Å². The molecule has 0 bridgehead atoms. The first kappa shape index (κ1) is 11.8. The highest BCUT2D eigenvalue weighted by Gasteiger charge is 2.20. The third kappa shape index (κ3) is 3.88. The van der Waals surface area contributed by atoms with Gasteiger partial charge in [0.05, 0.1) is 12.2 Å². The maximum atomic E-state index is 12.5. The normalized spacial score (nSPS) is 11.5. The summed E-state index contributed by atoms with van der Waals surface area (Å²) >= 11 is 6.36. The van der Waals surface area contributed by atoms with Gasteiger partial charge in [-0.3, -0.25) is 0 Å². The lowest BCUT2D eigenvalue weighted by molar-refractivity contribution is 0.0367. The summed E-state index contributed by atoms with van der Waals surface area (Å²) in [5.41, 5.74) is 0.542. The average Bonchev–Trinajstić information content (AvgIpc) is 2.05. The zero-order valence-corrected chi connectivity index (χ0v) is 10.5. The van der Waals surface area contributed by atoms with E-state index in [-0.39, 0.29) is 0 Å². The second-order valence-electron chi connectivity index (χ2n) is 2.92. The molecule has 0 fully saturated rings. The first-order valence-electron chi connectivity index (χ1n) is 3.81. The molecule has 0 amide bonds. The highest BCUT2D eigenvalue weighted by molar-refractivity contribution is 9.11. The van der Waals surface area contributed by atoms with E-state index in [9.17, 15) is 8.78 Å². The Morgan fingerprint density at radius 1 is 1.50 bits per heavy atom. The largest absolute Gasteiger partial charge is 0.377 e. The van der Waals surface area contributed by atoms with Crippen LogP contribution in [0.15, 0.2) is 21.3 Å². The highest BCUT2D eigenvalue weighted by atomic mass is 79.9. The molecule has 2 nitrogen and oxygen atoms in total. The van der Waals surface area contributed by atoms with Crippen molar-refractivity contribution >= 4 is 37.5 Å². The summed E-state index contributed by atoms with van der Waals surface area (Å²) in [6, 6.07) is 1.68. The van der Waals surface area contributed by atoms with Crippen LogP contribution in [-0.2, 0) is 0 Å². The molecular weight excluding hydrogens is 322 g/mol. The molecule has 0 saturated heterocycles. The molecule has 0 unspecified atom stereocenters. The van der Waals surface area contributed by atoms with E-state index < -0.39 is 12.5 Å². The van der Waals surface area contributed by atoms with Crippen LogP contribution in [0, 0.1) is 0 Å². The smallest absolute Gasteiger partial charge is 0.262 e. The number of aromatic nitrogens is 1. The maximum absolute atomic E-state index is 12.5. The van der Waals surface area contributed by atoms with Gasteiger partial charge >= 0.3 is 0 Å². The number of alkyl halides is 2. The Morgan fingerprint density at radius 3 is 2.71 bits per heavy atom. The summed E-state index contributed by atoms with van der Waals surface area (Å²) in [7, 11) is 0. The fourth-order valence-electron chi connectivity index (χ4n) is 0.797. The van der Waals surface area contributed by atoms with E-state index in [4.69, 9.17) is 0 Å². The third-order valence-electron chi connectivity index (χ3n) is 1.39. The van der Waals surface area contributed by atoms with E-state index >= 15 is 0 Å². The summed E-state index contributed by atoms with van der Waals surface area (Å²) in [6.45, 7) is 0.447. The first-order valence-corrected chi connectivity index (χ1v) is 5.40. The van der Waals surface area contributed by atoms with Gasteiger partial charge in [0.2, 0.25) is 0 Å². The maximum Gasteiger partial charge on any atom is 0.262 e. The first-order chi connectivity index (χ1) is 6.38. The molecule has 0 aromatic carbocycles. The number of rotatable bonds is 3. The summed E-state index contributed by atoms with van der Waals surface area (Å²) in [4.78, 5) is 3.94. The summed E-state index contributed by atoms with van der Waals surface area (Å²) in [5.74, 6) is -2.73. The van der Waals surface area contributed by atoms with Gasteiger partial charge in [0, 0.05) is 17.6 Å². The van der Waals surface area contributed by atoms with Crippen LogP contribution in [-0.4, -0.2) is 17.5 Å². The second-order valence-corrected chi connectivity index (χ2v) is 4.58. The van der Waals surface area contributed by atoms with E-state index in [0.29, 0.717) is 10.3 Å². The molecule has 0 atom stereocenters. The number of hydrogen-bond acceptors (Lipinski definition) is 2. The lowest BCUT2D eigenvalue weighted by Crippen LogP contribution is -2.23. The van der Waals surface area contributed by atoms with Crippen molar-refractivity contribution in [3.8, 4) is 0 Å². The molecular formula is C8H8Br2F2N2. The van der Waals surface area contributed by atoms with Gasteiger partial charge in [0.15, 0.2) is 0 Å². The van der Waals surface area contributed by atoms with Gasteiger partial charge in [-0.05, 0) is 37.9 Å². The Hall–Kier alpha value is -0.230. The minimum Gasteiger partial charge on any atom is -0.377 e. The van der Waals surface area contributed by atoms with Crippen LogP contribution in [0.2, 0.25) is 0 Å². The lowest BCUT2D eigenvalue weighted by atomic mass is 10.3. The van der Waals surface area contributed by atoms with Gasteiger partial charge < -0.3 is 5.32 Å². The Kier molecular flexibility index (Phi) is 3.83. The monoisotopic (exact) mass is 328 g/mol. The SMILES string of the molecule is CC(F)(F)CNc1cc(Br)cnc1Br. The Bertz CT molecular complexity index is 326. The van der Waals surface area contributed by atoms with E-state index in [0.717, 1.165) is 11.4 Å². The Balaban J connectivity index is 2.72. The zero-order chi connectivity index (χ0) is 10.8. The molecule has 0 aliphatic rings. The minimum absolute atomic E-state index is 0.413. The minimum atomic E-state index is -2.73. The van der Waals surface area contributed by atoms with E-state index in [1.807, 2.05) is 0 Å². The van der Waals surface area contributed by atoms with Gasteiger partial charge in [-0.15, -0.1) is 0 Å². The molecule has 6 heteroatoms. The number of halogens is 4. The average molecular weight is 330 g/mol. The van der Waals surface area contributed by atoms with Crippen molar-refractivity contribution < 1.29 is 8.78 Å². The zero-order valence-electron chi connectivity index (χ0n) is 7.32. The van der Waals surface area contributed by atoms with Crippen molar-refractivity contribution in [1.29, 1.82) is 0 Å². The predicted molar refractivity (Wildman–Crippen MR) is 58.7 cm³/mol. The van der Waals surface area contributed by atoms with E-state index in [1.54, 1.807) is 12.3 Å². The van der Waals surface area contributed by atoms with Crippen molar-refractivity contribution in [3.05, 3.63) is 21.3 Å². The van der Waals surface area contributed by atoms with Crippen LogP contribution in [0.3, 0.4) is 0 Å². The van der Waals surface area contributed by atoms with Crippen LogP contribution < -0.4 is 5.32 Å². The molecule has 1 heterocycles. The van der Waals surface area contributed by atoms with Crippen LogP contribution in [0.4, 0.5) is 14.5 Å². The number of nitrogens with one attached hydrogen (secondary N) is 1. The van der Waals surface area contributed by atoms with Gasteiger partial charge in [0.25, 0.3) is 5.92 Å². The second kappa shape index (κ2) is 4.53. The Morgan fingerprint density at radius 2 is 2.14 bits per heavy atom.